The number of hydrogen-bond acceptors (Lipinski definition) is 3. The fourth-order valence-electron chi connectivity index (χ4n) is 1.49. The fraction of sp³-hybridized carbons (Fsp3) is 0.333. The van der Waals surface area contributed by atoms with Gasteiger partial charge in [0.2, 0.25) is 0 Å². The van der Waals surface area contributed by atoms with E-state index in [1.165, 1.54) is 0 Å². The molecule has 0 radical (unpaired) electrons. The van der Waals surface area contributed by atoms with Crippen molar-refractivity contribution < 1.29 is 0 Å². The molecule has 0 unspecified atom stereocenters. The second-order valence-corrected chi connectivity index (χ2v) is 2.98. The zero-order valence-electron chi connectivity index (χ0n) is 6.96. The van der Waals surface area contributed by atoms with Gasteiger partial charge in [0.05, 0.1) is 18.0 Å². The average Bonchev–Trinajstić information content (AvgIpc) is 2.57. The summed E-state index contributed by atoms with van der Waals surface area (Å²) in [6.45, 7) is 3.01. The first kappa shape index (κ1) is 7.43. The van der Waals surface area contributed by atoms with Crippen molar-refractivity contribution in [2.75, 3.05) is 30.4 Å². The summed E-state index contributed by atoms with van der Waals surface area (Å²) in [5.41, 5.74) is 7.83. The van der Waals surface area contributed by atoms with Crippen LogP contribution in [0, 0.1) is 0 Å². The topological polar surface area (TPSA) is 41.3 Å². The number of para-hydroxylation sites is 2. The standard InChI is InChI=1S/C9H13N3/c10-8-3-1-2-4-9(8)12-6-5-11-7-12/h1-4,11H,5-7,10H2. The molecule has 0 aliphatic carbocycles. The van der Waals surface area contributed by atoms with E-state index >= 15 is 0 Å². The van der Waals surface area contributed by atoms with E-state index in [2.05, 4.69) is 16.3 Å². The zero-order chi connectivity index (χ0) is 8.39. The minimum absolute atomic E-state index is 0.862. The van der Waals surface area contributed by atoms with Crippen molar-refractivity contribution in [3.63, 3.8) is 0 Å². The largest absolute Gasteiger partial charge is 0.397 e. The maximum atomic E-state index is 5.83. The van der Waals surface area contributed by atoms with Crippen molar-refractivity contribution in [1.82, 2.24) is 5.32 Å². The number of anilines is 2. The molecular formula is C9H13N3. The molecule has 1 aliphatic rings. The fourth-order valence-corrected chi connectivity index (χ4v) is 1.49. The molecule has 0 amide bonds. The number of rotatable bonds is 1. The number of nitrogens with zero attached hydrogens (tertiary/aromatic N) is 1. The van der Waals surface area contributed by atoms with Gasteiger partial charge in [0.1, 0.15) is 0 Å². The van der Waals surface area contributed by atoms with Gasteiger partial charge >= 0.3 is 0 Å². The van der Waals surface area contributed by atoms with Crippen LogP contribution in [0.1, 0.15) is 0 Å². The van der Waals surface area contributed by atoms with Gasteiger partial charge in [0, 0.05) is 13.1 Å². The second kappa shape index (κ2) is 3.03. The molecule has 3 N–H and O–H groups in total. The van der Waals surface area contributed by atoms with E-state index in [9.17, 15) is 0 Å². The van der Waals surface area contributed by atoms with Gasteiger partial charge in [-0.2, -0.15) is 0 Å². The Bertz CT molecular complexity index is 266. The molecule has 1 aromatic rings. The van der Waals surface area contributed by atoms with Gasteiger partial charge in [-0.15, -0.1) is 0 Å². The Hall–Kier alpha value is -1.22. The molecule has 1 saturated heterocycles. The molecule has 12 heavy (non-hydrogen) atoms. The summed E-state index contributed by atoms with van der Waals surface area (Å²) in [6.07, 6.45) is 0. The Balaban J connectivity index is 2.26. The molecule has 2 rings (SSSR count). The molecule has 0 atom stereocenters. The molecule has 3 nitrogen and oxygen atoms in total. The van der Waals surface area contributed by atoms with E-state index in [4.69, 9.17) is 5.73 Å². The van der Waals surface area contributed by atoms with Crippen LogP contribution in [-0.4, -0.2) is 19.8 Å². The van der Waals surface area contributed by atoms with Crippen LogP contribution in [0.4, 0.5) is 11.4 Å². The number of hydrogen-bond donors (Lipinski definition) is 2. The van der Waals surface area contributed by atoms with E-state index in [0.717, 1.165) is 31.1 Å². The van der Waals surface area contributed by atoms with Crippen LogP contribution < -0.4 is 16.0 Å². The van der Waals surface area contributed by atoms with Crippen molar-refractivity contribution in [1.29, 1.82) is 0 Å². The summed E-state index contributed by atoms with van der Waals surface area (Å²) in [5.74, 6) is 0. The third-order valence-electron chi connectivity index (χ3n) is 2.14. The third kappa shape index (κ3) is 1.23. The van der Waals surface area contributed by atoms with Gasteiger partial charge < -0.3 is 10.6 Å². The number of benzene rings is 1. The molecular weight excluding hydrogens is 150 g/mol. The minimum Gasteiger partial charge on any atom is -0.397 e. The quantitative estimate of drug-likeness (QED) is 0.597. The van der Waals surface area contributed by atoms with Gasteiger partial charge in [-0.25, -0.2) is 0 Å². The first-order chi connectivity index (χ1) is 5.88. The Labute approximate surface area is 72.2 Å². The predicted octanol–water partition coefficient (Wildman–Crippen LogP) is 0.636. The highest BCUT2D eigenvalue weighted by Gasteiger charge is 2.12. The van der Waals surface area contributed by atoms with E-state index in [1.54, 1.807) is 0 Å². The monoisotopic (exact) mass is 163 g/mol. The molecule has 0 aromatic heterocycles. The predicted molar refractivity (Wildman–Crippen MR) is 51.1 cm³/mol. The Morgan fingerprint density at radius 3 is 2.83 bits per heavy atom. The highest BCUT2D eigenvalue weighted by atomic mass is 15.3. The summed E-state index contributed by atoms with van der Waals surface area (Å²) >= 11 is 0. The maximum Gasteiger partial charge on any atom is 0.0683 e. The summed E-state index contributed by atoms with van der Waals surface area (Å²) in [7, 11) is 0. The molecule has 64 valence electrons. The molecule has 1 aliphatic heterocycles. The molecule has 0 saturated carbocycles. The lowest BCUT2D eigenvalue weighted by Crippen LogP contribution is -2.21. The van der Waals surface area contributed by atoms with Crippen LogP contribution in [0.3, 0.4) is 0 Å². The lowest BCUT2D eigenvalue weighted by atomic mass is 10.2. The van der Waals surface area contributed by atoms with Crippen LogP contribution in [0.15, 0.2) is 24.3 Å². The molecule has 1 heterocycles. The number of nitrogens with two attached hydrogens (primary N) is 1. The number of nitrogens with one attached hydrogen (secondary N) is 1. The molecule has 1 aromatic carbocycles. The van der Waals surface area contributed by atoms with Crippen LogP contribution in [0.2, 0.25) is 0 Å². The highest BCUT2D eigenvalue weighted by Crippen LogP contribution is 2.22. The Morgan fingerprint density at radius 1 is 1.33 bits per heavy atom. The Kier molecular flexibility index (Phi) is 1.87. The van der Waals surface area contributed by atoms with E-state index in [1.807, 2.05) is 18.2 Å². The van der Waals surface area contributed by atoms with Crippen LogP contribution in [0.5, 0.6) is 0 Å². The lowest BCUT2D eigenvalue weighted by molar-refractivity contribution is 0.855. The highest BCUT2D eigenvalue weighted by molar-refractivity contribution is 5.67. The first-order valence-electron chi connectivity index (χ1n) is 4.18. The summed E-state index contributed by atoms with van der Waals surface area (Å²) in [6, 6.07) is 7.97. The normalized spacial score (nSPS) is 16.8. The van der Waals surface area contributed by atoms with E-state index in [0.29, 0.717) is 0 Å². The van der Waals surface area contributed by atoms with Crippen LogP contribution in [0.25, 0.3) is 0 Å². The van der Waals surface area contributed by atoms with Gasteiger partial charge in [-0.3, -0.25) is 5.32 Å². The van der Waals surface area contributed by atoms with Crippen molar-refractivity contribution in [3.8, 4) is 0 Å². The van der Waals surface area contributed by atoms with Crippen molar-refractivity contribution in [3.05, 3.63) is 24.3 Å². The average molecular weight is 163 g/mol. The van der Waals surface area contributed by atoms with Crippen molar-refractivity contribution in [2.45, 2.75) is 0 Å². The summed E-state index contributed by atoms with van der Waals surface area (Å²) in [5, 5.41) is 3.27. The minimum atomic E-state index is 0.862. The van der Waals surface area contributed by atoms with Gasteiger partial charge in [-0.1, -0.05) is 12.1 Å². The first-order valence-corrected chi connectivity index (χ1v) is 4.18. The zero-order valence-corrected chi connectivity index (χ0v) is 6.96. The Morgan fingerprint density at radius 2 is 2.17 bits per heavy atom. The summed E-state index contributed by atoms with van der Waals surface area (Å²) < 4.78 is 0. The van der Waals surface area contributed by atoms with Crippen molar-refractivity contribution in [2.24, 2.45) is 0 Å². The van der Waals surface area contributed by atoms with Crippen LogP contribution >= 0.6 is 0 Å². The molecule has 0 spiro atoms. The molecule has 3 heteroatoms. The van der Waals surface area contributed by atoms with E-state index < -0.39 is 0 Å². The third-order valence-corrected chi connectivity index (χ3v) is 2.14. The smallest absolute Gasteiger partial charge is 0.0683 e. The van der Waals surface area contributed by atoms with Gasteiger partial charge in [0.15, 0.2) is 0 Å². The van der Waals surface area contributed by atoms with Crippen LogP contribution in [-0.2, 0) is 0 Å². The SMILES string of the molecule is Nc1ccccc1N1CCNC1. The van der Waals surface area contributed by atoms with Gasteiger partial charge in [-0.05, 0) is 12.1 Å². The second-order valence-electron chi connectivity index (χ2n) is 2.98. The lowest BCUT2D eigenvalue weighted by Gasteiger charge is -2.18. The molecule has 1 fully saturated rings. The van der Waals surface area contributed by atoms with E-state index in [-0.39, 0.29) is 0 Å². The maximum absolute atomic E-state index is 5.83. The summed E-state index contributed by atoms with van der Waals surface area (Å²) in [4.78, 5) is 2.25. The number of nitrogen functional groups attached to an aromatic ring is 1. The molecule has 0 bridgehead atoms. The van der Waals surface area contributed by atoms with Gasteiger partial charge in [0.25, 0.3) is 0 Å². The van der Waals surface area contributed by atoms with Crippen molar-refractivity contribution >= 4 is 11.4 Å².